The molecule has 0 spiro atoms. The fourth-order valence-electron chi connectivity index (χ4n) is 1.89. The summed E-state index contributed by atoms with van der Waals surface area (Å²) in [7, 11) is 0. The standard InChI is InChI=1S/C14H18N2/c1-4-12-10-16(15-14(12)11(2)3)13-8-6-5-7-9-13/h5-11H,4H2,1-3H3. The molecule has 0 radical (unpaired) electrons. The number of benzene rings is 1. The third kappa shape index (κ3) is 2.01. The molecule has 0 saturated heterocycles. The maximum absolute atomic E-state index is 4.67. The summed E-state index contributed by atoms with van der Waals surface area (Å²) in [6.07, 6.45) is 3.19. The zero-order valence-corrected chi connectivity index (χ0v) is 10.1. The molecule has 2 aromatic rings. The van der Waals surface area contributed by atoms with Gasteiger partial charge in [0.25, 0.3) is 0 Å². The molecule has 0 amide bonds. The molecular weight excluding hydrogens is 196 g/mol. The average molecular weight is 214 g/mol. The van der Waals surface area contributed by atoms with E-state index in [9.17, 15) is 0 Å². The third-order valence-corrected chi connectivity index (χ3v) is 2.77. The van der Waals surface area contributed by atoms with Crippen LogP contribution >= 0.6 is 0 Å². The molecule has 0 aliphatic rings. The normalized spacial score (nSPS) is 11.0. The fourth-order valence-corrected chi connectivity index (χ4v) is 1.89. The van der Waals surface area contributed by atoms with E-state index in [1.165, 1.54) is 11.3 Å². The van der Waals surface area contributed by atoms with Gasteiger partial charge in [-0.05, 0) is 30.0 Å². The van der Waals surface area contributed by atoms with Gasteiger partial charge in [-0.15, -0.1) is 0 Å². The van der Waals surface area contributed by atoms with E-state index >= 15 is 0 Å². The summed E-state index contributed by atoms with van der Waals surface area (Å²) < 4.78 is 1.98. The molecule has 0 unspecified atom stereocenters. The van der Waals surface area contributed by atoms with Crippen LogP contribution in [0.4, 0.5) is 0 Å². The minimum atomic E-state index is 0.486. The fraction of sp³-hybridized carbons (Fsp3) is 0.357. The highest BCUT2D eigenvalue weighted by Crippen LogP contribution is 2.20. The van der Waals surface area contributed by atoms with Crippen LogP contribution < -0.4 is 0 Å². The number of rotatable bonds is 3. The smallest absolute Gasteiger partial charge is 0.0686 e. The van der Waals surface area contributed by atoms with Gasteiger partial charge in [0.2, 0.25) is 0 Å². The van der Waals surface area contributed by atoms with Gasteiger partial charge in [0.05, 0.1) is 11.4 Å². The molecule has 0 saturated carbocycles. The molecule has 0 atom stereocenters. The first-order chi connectivity index (χ1) is 7.72. The van der Waals surface area contributed by atoms with Crippen molar-refractivity contribution < 1.29 is 0 Å². The highest BCUT2D eigenvalue weighted by atomic mass is 15.3. The maximum Gasteiger partial charge on any atom is 0.0686 e. The van der Waals surface area contributed by atoms with Crippen LogP contribution in [0.5, 0.6) is 0 Å². The van der Waals surface area contributed by atoms with Crippen molar-refractivity contribution in [3.8, 4) is 5.69 Å². The van der Waals surface area contributed by atoms with Gasteiger partial charge in [-0.2, -0.15) is 5.10 Å². The lowest BCUT2D eigenvalue weighted by Gasteiger charge is -2.02. The molecule has 16 heavy (non-hydrogen) atoms. The molecule has 0 aliphatic heterocycles. The highest BCUT2D eigenvalue weighted by Gasteiger charge is 2.11. The van der Waals surface area contributed by atoms with Gasteiger partial charge in [-0.25, -0.2) is 4.68 Å². The SMILES string of the molecule is CCc1cn(-c2ccccc2)nc1C(C)C. The lowest BCUT2D eigenvalue weighted by atomic mass is 10.1. The Morgan fingerprint density at radius 2 is 1.88 bits per heavy atom. The van der Waals surface area contributed by atoms with Crippen LogP contribution in [0.25, 0.3) is 5.69 Å². The van der Waals surface area contributed by atoms with Crippen molar-refractivity contribution in [2.75, 3.05) is 0 Å². The molecule has 0 fully saturated rings. The van der Waals surface area contributed by atoms with Crippen LogP contribution in [0, 0.1) is 0 Å². The molecule has 1 aromatic carbocycles. The molecule has 1 aromatic heterocycles. The molecule has 0 N–H and O–H groups in total. The Kier molecular flexibility index (Phi) is 3.09. The molecule has 2 heteroatoms. The maximum atomic E-state index is 4.67. The lowest BCUT2D eigenvalue weighted by Crippen LogP contribution is -1.97. The Morgan fingerprint density at radius 1 is 1.19 bits per heavy atom. The van der Waals surface area contributed by atoms with E-state index in [-0.39, 0.29) is 0 Å². The summed E-state index contributed by atoms with van der Waals surface area (Å²) in [6.45, 7) is 6.56. The Hall–Kier alpha value is -1.57. The van der Waals surface area contributed by atoms with Gasteiger partial charge >= 0.3 is 0 Å². The Balaban J connectivity index is 2.44. The van der Waals surface area contributed by atoms with Crippen LogP contribution in [0.1, 0.15) is 37.9 Å². The van der Waals surface area contributed by atoms with Crippen molar-refractivity contribution in [1.29, 1.82) is 0 Å². The van der Waals surface area contributed by atoms with E-state index < -0.39 is 0 Å². The van der Waals surface area contributed by atoms with Gasteiger partial charge in [0, 0.05) is 6.20 Å². The first kappa shape index (κ1) is 10.9. The number of hydrogen-bond donors (Lipinski definition) is 0. The van der Waals surface area contributed by atoms with Crippen LogP contribution in [-0.4, -0.2) is 9.78 Å². The van der Waals surface area contributed by atoms with Crippen molar-refractivity contribution >= 4 is 0 Å². The lowest BCUT2D eigenvalue weighted by molar-refractivity contribution is 0.763. The van der Waals surface area contributed by atoms with E-state index in [1.807, 2.05) is 22.9 Å². The number of aryl methyl sites for hydroxylation is 1. The largest absolute Gasteiger partial charge is 0.240 e. The molecule has 0 aliphatic carbocycles. The number of aromatic nitrogens is 2. The Morgan fingerprint density at radius 3 is 2.38 bits per heavy atom. The molecular formula is C14H18N2. The molecule has 2 nitrogen and oxygen atoms in total. The minimum absolute atomic E-state index is 0.486. The van der Waals surface area contributed by atoms with Gasteiger partial charge in [0.1, 0.15) is 0 Å². The minimum Gasteiger partial charge on any atom is -0.240 e. The summed E-state index contributed by atoms with van der Waals surface area (Å²) in [5.41, 5.74) is 3.69. The number of para-hydroxylation sites is 1. The summed E-state index contributed by atoms with van der Waals surface area (Å²) >= 11 is 0. The predicted molar refractivity (Wildman–Crippen MR) is 67.0 cm³/mol. The van der Waals surface area contributed by atoms with Gasteiger partial charge in [-0.3, -0.25) is 0 Å². The third-order valence-electron chi connectivity index (χ3n) is 2.77. The quantitative estimate of drug-likeness (QED) is 0.764. The van der Waals surface area contributed by atoms with Crippen molar-refractivity contribution in [2.45, 2.75) is 33.1 Å². The average Bonchev–Trinajstić information content (AvgIpc) is 2.74. The topological polar surface area (TPSA) is 17.8 Å². The van der Waals surface area contributed by atoms with Crippen molar-refractivity contribution in [2.24, 2.45) is 0 Å². The summed E-state index contributed by atoms with van der Waals surface area (Å²) in [5.74, 6) is 0.486. The van der Waals surface area contributed by atoms with Crippen molar-refractivity contribution in [3.63, 3.8) is 0 Å². The zero-order valence-electron chi connectivity index (χ0n) is 10.1. The van der Waals surface area contributed by atoms with Gasteiger partial charge < -0.3 is 0 Å². The van der Waals surface area contributed by atoms with E-state index in [4.69, 9.17) is 0 Å². The second-order valence-corrected chi connectivity index (χ2v) is 4.33. The summed E-state index contributed by atoms with van der Waals surface area (Å²) in [5, 5.41) is 4.67. The predicted octanol–water partition coefficient (Wildman–Crippen LogP) is 3.56. The van der Waals surface area contributed by atoms with Gasteiger partial charge in [0.15, 0.2) is 0 Å². The second kappa shape index (κ2) is 4.52. The molecule has 2 rings (SSSR count). The van der Waals surface area contributed by atoms with Gasteiger partial charge in [-0.1, -0.05) is 39.0 Å². The second-order valence-electron chi connectivity index (χ2n) is 4.33. The molecule has 1 heterocycles. The number of hydrogen-bond acceptors (Lipinski definition) is 1. The van der Waals surface area contributed by atoms with Crippen LogP contribution in [-0.2, 0) is 6.42 Å². The first-order valence-electron chi connectivity index (χ1n) is 5.86. The zero-order chi connectivity index (χ0) is 11.5. The van der Waals surface area contributed by atoms with E-state index in [1.54, 1.807) is 0 Å². The van der Waals surface area contributed by atoms with Crippen LogP contribution in [0.2, 0.25) is 0 Å². The molecule has 0 bridgehead atoms. The highest BCUT2D eigenvalue weighted by molar-refractivity contribution is 5.33. The van der Waals surface area contributed by atoms with E-state index in [2.05, 4.69) is 44.2 Å². The Bertz CT molecular complexity index is 455. The van der Waals surface area contributed by atoms with E-state index in [0.717, 1.165) is 12.1 Å². The van der Waals surface area contributed by atoms with Crippen molar-refractivity contribution in [1.82, 2.24) is 9.78 Å². The first-order valence-corrected chi connectivity index (χ1v) is 5.86. The summed E-state index contributed by atoms with van der Waals surface area (Å²) in [4.78, 5) is 0. The van der Waals surface area contributed by atoms with Crippen LogP contribution in [0.15, 0.2) is 36.5 Å². The van der Waals surface area contributed by atoms with E-state index in [0.29, 0.717) is 5.92 Å². The monoisotopic (exact) mass is 214 g/mol. The number of nitrogens with zero attached hydrogens (tertiary/aromatic N) is 2. The van der Waals surface area contributed by atoms with Crippen molar-refractivity contribution in [3.05, 3.63) is 47.8 Å². The Labute approximate surface area is 96.9 Å². The summed E-state index contributed by atoms with van der Waals surface area (Å²) in [6, 6.07) is 10.3. The van der Waals surface area contributed by atoms with Crippen LogP contribution in [0.3, 0.4) is 0 Å². The molecule has 84 valence electrons.